The van der Waals surface area contributed by atoms with Crippen LogP contribution in [0, 0.1) is 25.5 Å². The van der Waals surface area contributed by atoms with E-state index in [2.05, 4.69) is 6.07 Å². The number of benzene rings is 2. The third kappa shape index (κ3) is 3.18. The number of hydrogen-bond donors (Lipinski definition) is 1. The van der Waals surface area contributed by atoms with Crippen LogP contribution < -0.4 is 5.73 Å². The summed E-state index contributed by atoms with van der Waals surface area (Å²) in [6.07, 6.45) is 0.538. The van der Waals surface area contributed by atoms with Crippen molar-refractivity contribution < 1.29 is 8.78 Å². The van der Waals surface area contributed by atoms with Gasteiger partial charge in [-0.1, -0.05) is 29.8 Å². The number of rotatable bonds is 3. The fraction of sp³-hybridized carbons (Fsp3) is 0.250. The summed E-state index contributed by atoms with van der Waals surface area (Å²) in [6.45, 7) is 4.01. The molecule has 0 aliphatic carbocycles. The van der Waals surface area contributed by atoms with E-state index in [-0.39, 0.29) is 0 Å². The Morgan fingerprint density at radius 1 is 1.05 bits per heavy atom. The average Bonchev–Trinajstić information content (AvgIpc) is 2.33. The Labute approximate surface area is 112 Å². The zero-order valence-electron chi connectivity index (χ0n) is 11.1. The van der Waals surface area contributed by atoms with Gasteiger partial charge in [-0.25, -0.2) is 8.78 Å². The summed E-state index contributed by atoms with van der Waals surface area (Å²) >= 11 is 0. The highest BCUT2D eigenvalue weighted by molar-refractivity contribution is 5.33. The van der Waals surface area contributed by atoms with Crippen molar-refractivity contribution >= 4 is 0 Å². The van der Waals surface area contributed by atoms with E-state index in [0.717, 1.165) is 22.8 Å². The summed E-state index contributed by atoms with van der Waals surface area (Å²) < 4.78 is 26.5. The Kier molecular flexibility index (Phi) is 3.96. The molecular formula is C16H17F2N. The minimum atomic E-state index is -0.585. The first kappa shape index (κ1) is 13.7. The molecule has 0 radical (unpaired) electrons. The lowest BCUT2D eigenvalue weighted by molar-refractivity contribution is 0.554. The number of nitrogens with two attached hydrogens (primary N) is 1. The Morgan fingerprint density at radius 2 is 1.79 bits per heavy atom. The van der Waals surface area contributed by atoms with Crippen LogP contribution in [0.1, 0.15) is 28.3 Å². The van der Waals surface area contributed by atoms with Crippen LogP contribution >= 0.6 is 0 Å². The molecule has 0 bridgehead atoms. The number of halogens is 2. The van der Waals surface area contributed by atoms with Gasteiger partial charge in [0.1, 0.15) is 11.6 Å². The molecule has 0 spiro atoms. The van der Waals surface area contributed by atoms with Gasteiger partial charge in [0, 0.05) is 17.7 Å². The van der Waals surface area contributed by atoms with Crippen LogP contribution in [-0.2, 0) is 6.42 Å². The van der Waals surface area contributed by atoms with E-state index < -0.39 is 17.7 Å². The van der Waals surface area contributed by atoms with Gasteiger partial charge in [0.15, 0.2) is 0 Å². The van der Waals surface area contributed by atoms with Crippen molar-refractivity contribution in [1.29, 1.82) is 0 Å². The Morgan fingerprint density at radius 3 is 2.47 bits per heavy atom. The van der Waals surface area contributed by atoms with Crippen molar-refractivity contribution in [3.63, 3.8) is 0 Å². The molecule has 2 rings (SSSR count). The van der Waals surface area contributed by atoms with E-state index in [4.69, 9.17) is 5.73 Å². The lowest BCUT2D eigenvalue weighted by Crippen LogP contribution is -2.15. The molecular weight excluding hydrogens is 244 g/mol. The zero-order valence-corrected chi connectivity index (χ0v) is 11.1. The summed E-state index contributed by atoms with van der Waals surface area (Å²) in [5.41, 5.74) is 9.75. The van der Waals surface area contributed by atoms with E-state index in [1.807, 2.05) is 26.0 Å². The molecule has 1 unspecified atom stereocenters. The number of hydrogen-bond acceptors (Lipinski definition) is 1. The van der Waals surface area contributed by atoms with Crippen LogP contribution in [0.3, 0.4) is 0 Å². The van der Waals surface area contributed by atoms with Gasteiger partial charge in [-0.05, 0) is 37.5 Å². The standard InChI is InChI=1S/C16H17F2N/c1-10-3-4-11(2)12(7-10)8-16(19)14-6-5-13(17)9-15(14)18/h3-7,9,16H,8,19H2,1-2H3. The lowest BCUT2D eigenvalue weighted by Gasteiger charge is -2.15. The third-order valence-corrected chi connectivity index (χ3v) is 3.31. The molecule has 0 saturated heterocycles. The quantitative estimate of drug-likeness (QED) is 0.893. The monoisotopic (exact) mass is 261 g/mol. The van der Waals surface area contributed by atoms with Gasteiger partial charge in [0.05, 0.1) is 0 Å². The molecule has 100 valence electrons. The van der Waals surface area contributed by atoms with Gasteiger partial charge in [0.2, 0.25) is 0 Å². The predicted molar refractivity (Wildman–Crippen MR) is 72.9 cm³/mol. The zero-order chi connectivity index (χ0) is 14.0. The minimum absolute atomic E-state index is 0.349. The second-order valence-electron chi connectivity index (χ2n) is 4.91. The first-order valence-corrected chi connectivity index (χ1v) is 6.24. The SMILES string of the molecule is Cc1ccc(C)c(CC(N)c2ccc(F)cc2F)c1. The van der Waals surface area contributed by atoms with Crippen molar-refractivity contribution in [2.24, 2.45) is 5.73 Å². The fourth-order valence-electron chi connectivity index (χ4n) is 2.17. The smallest absolute Gasteiger partial charge is 0.130 e. The van der Waals surface area contributed by atoms with E-state index >= 15 is 0 Å². The highest BCUT2D eigenvalue weighted by Crippen LogP contribution is 2.22. The average molecular weight is 261 g/mol. The van der Waals surface area contributed by atoms with Gasteiger partial charge in [-0.15, -0.1) is 0 Å². The third-order valence-electron chi connectivity index (χ3n) is 3.31. The highest BCUT2D eigenvalue weighted by Gasteiger charge is 2.14. The van der Waals surface area contributed by atoms with E-state index in [9.17, 15) is 8.78 Å². The van der Waals surface area contributed by atoms with Crippen LogP contribution in [0.4, 0.5) is 8.78 Å². The summed E-state index contributed by atoms with van der Waals surface area (Å²) in [5.74, 6) is -1.17. The van der Waals surface area contributed by atoms with Crippen LogP contribution in [0.25, 0.3) is 0 Å². The summed E-state index contributed by atoms with van der Waals surface area (Å²) in [7, 11) is 0. The van der Waals surface area contributed by atoms with Gasteiger partial charge in [-0.2, -0.15) is 0 Å². The Hall–Kier alpha value is -1.74. The second kappa shape index (κ2) is 5.49. The van der Waals surface area contributed by atoms with Gasteiger partial charge in [-0.3, -0.25) is 0 Å². The molecule has 2 aromatic carbocycles. The van der Waals surface area contributed by atoms with E-state index in [0.29, 0.717) is 12.0 Å². The molecule has 0 heterocycles. The predicted octanol–water partition coefficient (Wildman–Crippen LogP) is 3.82. The first-order valence-electron chi connectivity index (χ1n) is 6.24. The molecule has 19 heavy (non-hydrogen) atoms. The highest BCUT2D eigenvalue weighted by atomic mass is 19.1. The van der Waals surface area contributed by atoms with Crippen LogP contribution in [0.15, 0.2) is 36.4 Å². The van der Waals surface area contributed by atoms with E-state index in [1.54, 1.807) is 0 Å². The molecule has 1 atom stereocenters. The topological polar surface area (TPSA) is 26.0 Å². The van der Waals surface area contributed by atoms with Gasteiger partial charge >= 0.3 is 0 Å². The molecule has 2 N–H and O–H groups in total. The van der Waals surface area contributed by atoms with Crippen molar-refractivity contribution in [2.45, 2.75) is 26.3 Å². The maximum absolute atomic E-state index is 13.7. The van der Waals surface area contributed by atoms with Crippen LogP contribution in [0.5, 0.6) is 0 Å². The molecule has 3 heteroatoms. The largest absolute Gasteiger partial charge is 0.324 e. The molecule has 0 saturated carbocycles. The summed E-state index contributed by atoms with van der Waals surface area (Å²) in [4.78, 5) is 0. The maximum atomic E-state index is 13.7. The van der Waals surface area contributed by atoms with Crippen molar-refractivity contribution in [2.75, 3.05) is 0 Å². The number of aryl methyl sites for hydroxylation is 2. The molecule has 0 fully saturated rings. The first-order chi connectivity index (χ1) is 8.97. The van der Waals surface area contributed by atoms with Gasteiger partial charge in [0.25, 0.3) is 0 Å². The van der Waals surface area contributed by atoms with Crippen molar-refractivity contribution in [1.82, 2.24) is 0 Å². The minimum Gasteiger partial charge on any atom is -0.324 e. The molecule has 0 aromatic heterocycles. The lowest BCUT2D eigenvalue weighted by atomic mass is 9.95. The van der Waals surface area contributed by atoms with E-state index in [1.165, 1.54) is 12.1 Å². The van der Waals surface area contributed by atoms with Crippen molar-refractivity contribution in [3.8, 4) is 0 Å². The van der Waals surface area contributed by atoms with Gasteiger partial charge < -0.3 is 5.73 Å². The maximum Gasteiger partial charge on any atom is 0.130 e. The summed E-state index contributed by atoms with van der Waals surface area (Å²) in [5, 5.41) is 0. The molecule has 0 aliphatic heterocycles. The Balaban J connectivity index is 2.25. The molecule has 0 amide bonds. The second-order valence-corrected chi connectivity index (χ2v) is 4.91. The molecule has 2 aromatic rings. The molecule has 0 aliphatic rings. The van der Waals surface area contributed by atoms with Crippen LogP contribution in [0.2, 0.25) is 0 Å². The molecule has 1 nitrogen and oxygen atoms in total. The summed E-state index contributed by atoms with van der Waals surface area (Å²) in [6, 6.07) is 9.17. The van der Waals surface area contributed by atoms with Crippen LogP contribution in [-0.4, -0.2) is 0 Å². The fourth-order valence-corrected chi connectivity index (χ4v) is 2.17. The normalized spacial score (nSPS) is 12.5. The Bertz CT molecular complexity index is 593. The van der Waals surface area contributed by atoms with Crippen molar-refractivity contribution in [3.05, 3.63) is 70.3 Å².